The summed E-state index contributed by atoms with van der Waals surface area (Å²) in [6, 6.07) is 13.6. The quantitative estimate of drug-likeness (QED) is 0.692. The first kappa shape index (κ1) is 18.4. The van der Waals surface area contributed by atoms with E-state index in [1.807, 2.05) is 30.3 Å². The fourth-order valence-electron chi connectivity index (χ4n) is 3.14. The van der Waals surface area contributed by atoms with Crippen molar-refractivity contribution < 1.29 is 18.3 Å². The van der Waals surface area contributed by atoms with Crippen molar-refractivity contribution in [3.63, 3.8) is 0 Å². The lowest BCUT2D eigenvalue weighted by Gasteiger charge is -2.16. The van der Waals surface area contributed by atoms with Gasteiger partial charge in [0.05, 0.1) is 10.5 Å². The minimum absolute atomic E-state index is 0.0283. The van der Waals surface area contributed by atoms with E-state index in [4.69, 9.17) is 0 Å². The third kappa shape index (κ3) is 4.42. The molecule has 7 heteroatoms. The van der Waals surface area contributed by atoms with E-state index in [0.29, 0.717) is 5.69 Å². The molecule has 0 radical (unpaired) electrons. The number of sulfonamides is 1. The van der Waals surface area contributed by atoms with Crippen LogP contribution in [0.3, 0.4) is 0 Å². The molecule has 1 aliphatic carbocycles. The average Bonchev–Trinajstić information content (AvgIpc) is 3.14. The van der Waals surface area contributed by atoms with E-state index >= 15 is 0 Å². The molecule has 0 aliphatic heterocycles. The molecule has 0 aromatic heterocycles. The van der Waals surface area contributed by atoms with E-state index in [0.717, 1.165) is 31.2 Å². The summed E-state index contributed by atoms with van der Waals surface area (Å²) in [7, 11) is -3.80. The van der Waals surface area contributed by atoms with E-state index in [-0.39, 0.29) is 23.0 Å². The fraction of sp³-hybridized carbons (Fsp3) is 0.316. The first-order valence-corrected chi connectivity index (χ1v) is 10.1. The van der Waals surface area contributed by atoms with Crippen LogP contribution in [0, 0.1) is 0 Å². The zero-order chi connectivity index (χ0) is 18.6. The minimum atomic E-state index is -3.80. The summed E-state index contributed by atoms with van der Waals surface area (Å²) in [6.45, 7) is 0.146. The highest BCUT2D eigenvalue weighted by molar-refractivity contribution is 7.89. The Hall–Kier alpha value is -2.38. The molecule has 6 nitrogen and oxygen atoms in total. The Morgan fingerprint density at radius 2 is 1.77 bits per heavy atom. The van der Waals surface area contributed by atoms with Crippen molar-refractivity contribution >= 4 is 21.7 Å². The largest absolute Gasteiger partial charge is 0.478 e. The molecular weight excluding hydrogens is 352 g/mol. The van der Waals surface area contributed by atoms with Gasteiger partial charge < -0.3 is 10.4 Å². The van der Waals surface area contributed by atoms with Gasteiger partial charge in [-0.1, -0.05) is 43.2 Å². The number of rotatable bonds is 7. The van der Waals surface area contributed by atoms with Crippen molar-refractivity contribution in [3.8, 4) is 0 Å². The third-order valence-corrected chi connectivity index (χ3v) is 5.95. The predicted octanol–water partition coefficient (Wildman–Crippen LogP) is 3.22. The number of carboxylic acid groups (broad SMARTS) is 1. The number of aromatic carboxylic acids is 1. The van der Waals surface area contributed by atoms with Crippen molar-refractivity contribution in [1.29, 1.82) is 0 Å². The van der Waals surface area contributed by atoms with Gasteiger partial charge in [0.15, 0.2) is 0 Å². The molecule has 0 heterocycles. The molecule has 3 rings (SSSR count). The van der Waals surface area contributed by atoms with E-state index in [2.05, 4.69) is 10.0 Å². The summed E-state index contributed by atoms with van der Waals surface area (Å²) in [4.78, 5) is 11.5. The van der Waals surface area contributed by atoms with Gasteiger partial charge in [-0.3, -0.25) is 0 Å². The Morgan fingerprint density at radius 1 is 1.08 bits per heavy atom. The molecule has 2 aromatic rings. The first-order valence-electron chi connectivity index (χ1n) is 8.63. The van der Waals surface area contributed by atoms with Crippen molar-refractivity contribution in [2.45, 2.75) is 43.2 Å². The molecule has 0 saturated heterocycles. The second kappa shape index (κ2) is 7.88. The van der Waals surface area contributed by atoms with Crippen LogP contribution in [0.5, 0.6) is 0 Å². The maximum atomic E-state index is 12.5. The van der Waals surface area contributed by atoms with Crippen LogP contribution in [-0.4, -0.2) is 25.5 Å². The average molecular weight is 374 g/mol. The number of hydrogen-bond donors (Lipinski definition) is 3. The number of hydrogen-bond acceptors (Lipinski definition) is 4. The summed E-state index contributed by atoms with van der Waals surface area (Å²) in [5, 5.41) is 12.7. The highest BCUT2D eigenvalue weighted by atomic mass is 32.2. The maximum absolute atomic E-state index is 12.5. The molecule has 0 amide bonds. The number of carboxylic acids is 1. The lowest BCUT2D eigenvalue weighted by molar-refractivity contribution is 0.0697. The van der Waals surface area contributed by atoms with Crippen molar-refractivity contribution in [3.05, 3.63) is 59.7 Å². The van der Waals surface area contributed by atoms with Gasteiger partial charge >= 0.3 is 5.97 Å². The number of carbonyl (C=O) groups is 1. The summed E-state index contributed by atoms with van der Waals surface area (Å²) in [6.07, 6.45) is 4.24. The molecule has 138 valence electrons. The zero-order valence-corrected chi connectivity index (χ0v) is 15.1. The van der Waals surface area contributed by atoms with Gasteiger partial charge in [-0.2, -0.15) is 0 Å². The Morgan fingerprint density at radius 3 is 2.42 bits per heavy atom. The minimum Gasteiger partial charge on any atom is -0.478 e. The van der Waals surface area contributed by atoms with Crippen molar-refractivity contribution in [1.82, 2.24) is 4.72 Å². The monoisotopic (exact) mass is 374 g/mol. The highest BCUT2D eigenvalue weighted by Crippen LogP contribution is 2.26. The Labute approximate surface area is 153 Å². The predicted molar refractivity (Wildman–Crippen MR) is 99.7 cm³/mol. The smallest absolute Gasteiger partial charge is 0.337 e. The molecular formula is C19H22N2O4S. The molecule has 1 fully saturated rings. The number of anilines is 1. The van der Waals surface area contributed by atoms with Gasteiger partial charge in [0.25, 0.3) is 0 Å². The van der Waals surface area contributed by atoms with E-state index in [1.165, 1.54) is 12.1 Å². The van der Waals surface area contributed by atoms with Gasteiger partial charge in [0.1, 0.15) is 0 Å². The van der Waals surface area contributed by atoms with Crippen molar-refractivity contribution in [2.75, 3.05) is 5.32 Å². The first-order chi connectivity index (χ1) is 12.5. The summed E-state index contributed by atoms with van der Waals surface area (Å²) >= 11 is 0. The molecule has 1 aliphatic rings. The van der Waals surface area contributed by atoms with Crippen LogP contribution in [-0.2, 0) is 16.6 Å². The van der Waals surface area contributed by atoms with Crippen LogP contribution in [0.25, 0.3) is 0 Å². The van der Waals surface area contributed by atoms with Crippen LogP contribution >= 0.6 is 0 Å². The van der Waals surface area contributed by atoms with E-state index in [1.54, 1.807) is 6.07 Å². The van der Waals surface area contributed by atoms with Gasteiger partial charge in [0.2, 0.25) is 10.0 Å². The van der Waals surface area contributed by atoms with Crippen LogP contribution < -0.4 is 10.0 Å². The SMILES string of the molecule is O=C(O)c1cc(S(=O)(=O)NCc2ccccc2)ccc1NC1CCCC1. The molecule has 1 saturated carbocycles. The normalized spacial score (nSPS) is 15.1. The Kier molecular flexibility index (Phi) is 5.58. The second-order valence-corrected chi connectivity index (χ2v) is 8.22. The summed E-state index contributed by atoms with van der Waals surface area (Å²) in [5.74, 6) is -1.15. The number of nitrogens with one attached hydrogen (secondary N) is 2. The Bertz CT molecular complexity index is 876. The second-order valence-electron chi connectivity index (χ2n) is 6.45. The van der Waals surface area contributed by atoms with Gasteiger partial charge in [-0.15, -0.1) is 0 Å². The molecule has 0 unspecified atom stereocenters. The number of benzene rings is 2. The molecule has 26 heavy (non-hydrogen) atoms. The van der Waals surface area contributed by atoms with E-state index < -0.39 is 16.0 Å². The molecule has 0 spiro atoms. The molecule has 0 atom stereocenters. The van der Waals surface area contributed by atoms with Crippen LogP contribution in [0.2, 0.25) is 0 Å². The van der Waals surface area contributed by atoms with Gasteiger partial charge in [-0.25, -0.2) is 17.9 Å². The van der Waals surface area contributed by atoms with Crippen LogP contribution in [0.4, 0.5) is 5.69 Å². The van der Waals surface area contributed by atoms with Crippen LogP contribution in [0.1, 0.15) is 41.6 Å². The lowest BCUT2D eigenvalue weighted by Crippen LogP contribution is -2.24. The zero-order valence-electron chi connectivity index (χ0n) is 14.3. The standard InChI is InChI=1S/C19H22N2O4S/c22-19(23)17-12-16(10-11-18(17)21-15-8-4-5-9-15)26(24,25)20-13-14-6-2-1-3-7-14/h1-3,6-7,10-12,15,20-21H,4-5,8-9,13H2,(H,22,23). The Balaban J connectivity index is 1.80. The maximum Gasteiger partial charge on any atom is 0.337 e. The fourth-order valence-corrected chi connectivity index (χ4v) is 4.18. The summed E-state index contributed by atoms with van der Waals surface area (Å²) < 4.78 is 27.5. The highest BCUT2D eigenvalue weighted by Gasteiger charge is 2.21. The van der Waals surface area contributed by atoms with E-state index in [9.17, 15) is 18.3 Å². The lowest BCUT2D eigenvalue weighted by atomic mass is 10.1. The van der Waals surface area contributed by atoms with Gasteiger partial charge in [-0.05, 0) is 36.6 Å². The molecule has 2 aromatic carbocycles. The summed E-state index contributed by atoms with van der Waals surface area (Å²) in [5.41, 5.74) is 1.26. The third-order valence-electron chi connectivity index (χ3n) is 4.56. The van der Waals surface area contributed by atoms with Gasteiger partial charge in [0, 0.05) is 18.3 Å². The molecule has 3 N–H and O–H groups in total. The van der Waals surface area contributed by atoms with Crippen molar-refractivity contribution in [2.24, 2.45) is 0 Å². The molecule has 0 bridgehead atoms. The van der Waals surface area contributed by atoms with Crippen LogP contribution in [0.15, 0.2) is 53.4 Å². The topological polar surface area (TPSA) is 95.5 Å².